The number of hydrogen-bond acceptors (Lipinski definition) is 3. The van der Waals surface area contributed by atoms with E-state index in [0.717, 1.165) is 0 Å². The zero-order chi connectivity index (χ0) is 9.84. The Morgan fingerprint density at radius 3 is 2.57 bits per heavy atom. The number of ether oxygens (including phenoxy) is 1. The summed E-state index contributed by atoms with van der Waals surface area (Å²) in [6, 6.07) is 5.77. The van der Waals surface area contributed by atoms with Crippen LogP contribution >= 0.6 is 12.4 Å². The molecule has 4 nitrogen and oxygen atoms in total. The highest BCUT2D eigenvalue weighted by atomic mass is 35.5. The van der Waals surface area contributed by atoms with Gasteiger partial charge in [0, 0.05) is 5.56 Å². The van der Waals surface area contributed by atoms with Crippen LogP contribution in [0.15, 0.2) is 24.3 Å². The van der Waals surface area contributed by atoms with Crippen LogP contribution in [0.4, 0.5) is 0 Å². The van der Waals surface area contributed by atoms with Crippen molar-refractivity contribution in [2.75, 3.05) is 7.11 Å². The molecule has 1 rings (SSSR count). The van der Waals surface area contributed by atoms with Crippen LogP contribution in [0.25, 0.3) is 0 Å². The lowest BCUT2D eigenvalue weighted by atomic mass is 10.1. The van der Waals surface area contributed by atoms with Crippen molar-refractivity contribution < 1.29 is 14.6 Å². The van der Waals surface area contributed by atoms with Gasteiger partial charge in [-0.05, 0) is 6.07 Å². The third-order valence-electron chi connectivity index (χ3n) is 1.74. The summed E-state index contributed by atoms with van der Waals surface area (Å²) >= 11 is 0. The molecule has 78 valence electrons. The summed E-state index contributed by atoms with van der Waals surface area (Å²) in [7, 11) is 1.48. The van der Waals surface area contributed by atoms with Gasteiger partial charge in [-0.25, -0.2) is 0 Å². The van der Waals surface area contributed by atoms with Gasteiger partial charge in [-0.3, -0.25) is 4.79 Å². The minimum absolute atomic E-state index is 0. The fraction of sp³-hybridized carbons (Fsp3) is 0.222. The van der Waals surface area contributed by atoms with Crippen LogP contribution in [0.3, 0.4) is 0 Å². The Kier molecular flexibility index (Phi) is 4.97. The second-order valence-corrected chi connectivity index (χ2v) is 2.56. The minimum Gasteiger partial charge on any atom is -0.496 e. The summed E-state index contributed by atoms with van der Waals surface area (Å²) in [6.45, 7) is 0. The minimum atomic E-state index is -1.07. The topological polar surface area (TPSA) is 72.5 Å². The molecule has 1 atom stereocenters. The smallest absolute Gasteiger partial charge is 0.325 e. The third-order valence-corrected chi connectivity index (χ3v) is 1.74. The number of hydrogen-bond donors (Lipinski definition) is 2. The van der Waals surface area contributed by atoms with Gasteiger partial charge in [0.15, 0.2) is 0 Å². The first-order chi connectivity index (χ1) is 6.16. The fourth-order valence-electron chi connectivity index (χ4n) is 1.06. The molecule has 1 aromatic rings. The van der Waals surface area contributed by atoms with Crippen molar-refractivity contribution in [1.29, 1.82) is 0 Å². The largest absolute Gasteiger partial charge is 0.496 e. The highest BCUT2D eigenvalue weighted by Crippen LogP contribution is 2.22. The Bertz CT molecular complexity index is 317. The number of para-hydroxylation sites is 1. The van der Waals surface area contributed by atoms with Crippen molar-refractivity contribution in [2.24, 2.45) is 5.73 Å². The fourth-order valence-corrected chi connectivity index (χ4v) is 1.06. The van der Waals surface area contributed by atoms with Crippen molar-refractivity contribution in [3.8, 4) is 5.75 Å². The molecular formula is C9H12ClNO3. The quantitative estimate of drug-likeness (QED) is 0.798. The van der Waals surface area contributed by atoms with E-state index in [-0.39, 0.29) is 12.4 Å². The second kappa shape index (κ2) is 5.47. The first kappa shape index (κ1) is 12.7. The summed E-state index contributed by atoms with van der Waals surface area (Å²) in [4.78, 5) is 10.6. The SMILES string of the molecule is COc1ccccc1[C@@H](N)C(=O)O.Cl. The van der Waals surface area contributed by atoms with Crippen LogP contribution in [-0.2, 0) is 4.79 Å². The Morgan fingerprint density at radius 1 is 1.50 bits per heavy atom. The Balaban J connectivity index is 0.00000169. The number of carbonyl (C=O) groups is 1. The van der Waals surface area contributed by atoms with Crippen LogP contribution in [0.5, 0.6) is 5.75 Å². The van der Waals surface area contributed by atoms with E-state index in [1.807, 2.05) is 0 Å². The van der Waals surface area contributed by atoms with E-state index in [0.29, 0.717) is 11.3 Å². The van der Waals surface area contributed by atoms with Crippen molar-refractivity contribution in [3.05, 3.63) is 29.8 Å². The average Bonchev–Trinajstić information content (AvgIpc) is 2.16. The van der Waals surface area contributed by atoms with Gasteiger partial charge < -0.3 is 15.6 Å². The van der Waals surface area contributed by atoms with Crippen LogP contribution < -0.4 is 10.5 Å². The van der Waals surface area contributed by atoms with Gasteiger partial charge in [-0.15, -0.1) is 12.4 Å². The number of carboxylic acids is 1. The van der Waals surface area contributed by atoms with E-state index in [4.69, 9.17) is 15.6 Å². The molecule has 0 saturated carbocycles. The molecule has 0 unspecified atom stereocenters. The molecule has 0 aromatic heterocycles. The van der Waals surface area contributed by atoms with E-state index >= 15 is 0 Å². The lowest BCUT2D eigenvalue weighted by Crippen LogP contribution is -2.21. The molecule has 0 aliphatic heterocycles. The van der Waals surface area contributed by atoms with Crippen LogP contribution in [0.2, 0.25) is 0 Å². The molecule has 0 aliphatic rings. The molecule has 14 heavy (non-hydrogen) atoms. The van der Waals surface area contributed by atoms with Gasteiger partial charge in [0.05, 0.1) is 7.11 Å². The molecule has 0 amide bonds. The van der Waals surface area contributed by atoms with Crippen molar-refractivity contribution in [3.63, 3.8) is 0 Å². The maximum atomic E-state index is 10.6. The maximum Gasteiger partial charge on any atom is 0.325 e. The number of benzene rings is 1. The highest BCUT2D eigenvalue weighted by molar-refractivity contribution is 5.85. The van der Waals surface area contributed by atoms with Gasteiger partial charge in [0.2, 0.25) is 0 Å². The number of halogens is 1. The van der Waals surface area contributed by atoms with Gasteiger partial charge in [0.25, 0.3) is 0 Å². The summed E-state index contributed by atoms with van der Waals surface area (Å²) in [5, 5.41) is 8.67. The van der Waals surface area contributed by atoms with Crippen LogP contribution in [0, 0.1) is 0 Å². The Morgan fingerprint density at radius 2 is 2.07 bits per heavy atom. The standard InChI is InChI=1S/C9H11NO3.ClH/c1-13-7-5-3-2-4-6(7)8(10)9(11)12;/h2-5,8H,10H2,1H3,(H,11,12);1H/t8-;/m1./s1. The van der Waals surface area contributed by atoms with Gasteiger partial charge in [-0.2, -0.15) is 0 Å². The molecule has 0 bridgehead atoms. The third kappa shape index (κ3) is 2.61. The lowest BCUT2D eigenvalue weighted by molar-refractivity contribution is -0.138. The van der Waals surface area contributed by atoms with Crippen LogP contribution in [0.1, 0.15) is 11.6 Å². The molecule has 1 aromatic carbocycles. The summed E-state index contributed by atoms with van der Waals surface area (Å²) < 4.78 is 4.97. The summed E-state index contributed by atoms with van der Waals surface area (Å²) in [5.41, 5.74) is 5.92. The predicted molar refractivity (Wildman–Crippen MR) is 54.8 cm³/mol. The summed E-state index contributed by atoms with van der Waals surface area (Å²) in [6.07, 6.45) is 0. The van der Waals surface area contributed by atoms with E-state index in [1.165, 1.54) is 7.11 Å². The number of aliphatic carboxylic acids is 1. The first-order valence-corrected chi connectivity index (χ1v) is 3.78. The molecule has 5 heteroatoms. The van der Waals surface area contributed by atoms with Crippen molar-refractivity contribution in [1.82, 2.24) is 0 Å². The highest BCUT2D eigenvalue weighted by Gasteiger charge is 2.17. The number of nitrogens with two attached hydrogens (primary N) is 1. The lowest BCUT2D eigenvalue weighted by Gasteiger charge is -2.10. The molecule has 0 aliphatic carbocycles. The van der Waals surface area contributed by atoms with E-state index < -0.39 is 12.0 Å². The molecule has 0 radical (unpaired) electrons. The second-order valence-electron chi connectivity index (χ2n) is 2.56. The molecule has 0 heterocycles. The first-order valence-electron chi connectivity index (χ1n) is 3.78. The molecule has 0 spiro atoms. The van der Waals surface area contributed by atoms with E-state index in [1.54, 1.807) is 24.3 Å². The molecule has 0 saturated heterocycles. The van der Waals surface area contributed by atoms with Gasteiger partial charge >= 0.3 is 5.97 Å². The molecule has 3 N–H and O–H groups in total. The van der Waals surface area contributed by atoms with Crippen LogP contribution in [-0.4, -0.2) is 18.2 Å². The van der Waals surface area contributed by atoms with E-state index in [9.17, 15) is 4.79 Å². The number of methoxy groups -OCH3 is 1. The normalized spacial score (nSPS) is 11.3. The molecule has 0 fully saturated rings. The Labute approximate surface area is 88.1 Å². The van der Waals surface area contributed by atoms with Crippen molar-refractivity contribution >= 4 is 18.4 Å². The number of carboxylic acid groups (broad SMARTS) is 1. The molecular weight excluding hydrogens is 206 g/mol. The van der Waals surface area contributed by atoms with Gasteiger partial charge in [-0.1, -0.05) is 18.2 Å². The van der Waals surface area contributed by atoms with Gasteiger partial charge in [0.1, 0.15) is 11.8 Å². The maximum absolute atomic E-state index is 10.6. The zero-order valence-corrected chi connectivity index (χ0v) is 8.45. The summed E-state index contributed by atoms with van der Waals surface area (Å²) in [5.74, 6) is -0.568. The zero-order valence-electron chi connectivity index (χ0n) is 7.64. The monoisotopic (exact) mass is 217 g/mol. The Hall–Kier alpha value is -1.26. The predicted octanol–water partition coefficient (Wildman–Crippen LogP) is 1.20. The number of rotatable bonds is 3. The van der Waals surface area contributed by atoms with E-state index in [2.05, 4.69) is 0 Å². The van der Waals surface area contributed by atoms with Crippen molar-refractivity contribution in [2.45, 2.75) is 6.04 Å². The average molecular weight is 218 g/mol.